The van der Waals surface area contributed by atoms with Gasteiger partial charge in [0, 0.05) is 49.7 Å². The molecule has 1 amide bonds. The molecule has 0 bridgehead atoms. The van der Waals surface area contributed by atoms with Crippen molar-refractivity contribution in [1.29, 1.82) is 0 Å². The van der Waals surface area contributed by atoms with Crippen LogP contribution in [0.3, 0.4) is 0 Å². The van der Waals surface area contributed by atoms with Crippen LogP contribution in [0.5, 0.6) is 0 Å². The van der Waals surface area contributed by atoms with Crippen LogP contribution in [0.1, 0.15) is 18.9 Å². The Kier molecular flexibility index (Phi) is 5.81. The molecule has 1 aromatic carbocycles. The second-order valence-electron chi connectivity index (χ2n) is 7.45. The summed E-state index contributed by atoms with van der Waals surface area (Å²) in [6.07, 6.45) is 0.463. The van der Waals surface area contributed by atoms with Crippen molar-refractivity contribution in [3.8, 4) is 0 Å². The van der Waals surface area contributed by atoms with Crippen LogP contribution in [-0.4, -0.2) is 56.1 Å². The standard InChI is InChI=1S/C20H22Cl2N6O3/c1-3-15(29)26-6-8-27(9-7-26)19-23-17-16(18(30)24-20(31)25(17)2)28(19)11-12-4-5-13(21)10-14(12)22/h4-5,10H,3,6-9,11H2,1-2H3,(H,24,30,31). The van der Waals surface area contributed by atoms with E-state index in [1.165, 1.54) is 4.57 Å². The summed E-state index contributed by atoms with van der Waals surface area (Å²) in [7, 11) is 1.56. The molecule has 1 N–H and O–H groups in total. The quantitative estimate of drug-likeness (QED) is 0.635. The number of carbonyl (C=O) groups excluding carboxylic acids is 1. The summed E-state index contributed by atoms with van der Waals surface area (Å²) >= 11 is 12.4. The minimum Gasteiger partial charge on any atom is -0.339 e. The van der Waals surface area contributed by atoms with E-state index in [1.54, 1.807) is 29.8 Å². The molecule has 3 heterocycles. The van der Waals surface area contributed by atoms with Gasteiger partial charge in [-0.25, -0.2) is 4.79 Å². The number of carbonyl (C=O) groups is 1. The van der Waals surface area contributed by atoms with E-state index in [2.05, 4.69) is 9.97 Å². The molecule has 0 radical (unpaired) electrons. The maximum atomic E-state index is 12.7. The second-order valence-corrected chi connectivity index (χ2v) is 8.29. The van der Waals surface area contributed by atoms with Gasteiger partial charge in [0.15, 0.2) is 11.2 Å². The van der Waals surface area contributed by atoms with E-state index in [0.29, 0.717) is 54.2 Å². The topological polar surface area (TPSA) is 96.2 Å². The van der Waals surface area contributed by atoms with E-state index in [-0.39, 0.29) is 18.0 Å². The highest BCUT2D eigenvalue weighted by Crippen LogP contribution is 2.26. The largest absolute Gasteiger partial charge is 0.339 e. The van der Waals surface area contributed by atoms with Crippen molar-refractivity contribution >= 4 is 46.2 Å². The maximum absolute atomic E-state index is 12.7. The van der Waals surface area contributed by atoms with E-state index in [1.807, 2.05) is 16.7 Å². The summed E-state index contributed by atoms with van der Waals surface area (Å²) in [6, 6.07) is 5.18. The lowest BCUT2D eigenvalue weighted by Gasteiger charge is -2.35. The van der Waals surface area contributed by atoms with Gasteiger partial charge in [-0.2, -0.15) is 4.98 Å². The third-order valence-electron chi connectivity index (χ3n) is 5.55. The van der Waals surface area contributed by atoms with Crippen molar-refractivity contribution in [2.45, 2.75) is 19.9 Å². The Labute approximate surface area is 187 Å². The van der Waals surface area contributed by atoms with E-state index in [0.717, 1.165) is 5.56 Å². The summed E-state index contributed by atoms with van der Waals surface area (Å²) in [5.41, 5.74) is 0.300. The van der Waals surface area contributed by atoms with Gasteiger partial charge in [-0.1, -0.05) is 36.2 Å². The van der Waals surface area contributed by atoms with Gasteiger partial charge in [0.1, 0.15) is 0 Å². The minimum atomic E-state index is -0.531. The first-order valence-electron chi connectivity index (χ1n) is 9.96. The Morgan fingerprint density at radius 2 is 1.87 bits per heavy atom. The number of nitrogens with zero attached hydrogens (tertiary/aromatic N) is 5. The SMILES string of the molecule is CCC(=O)N1CCN(c2nc3c(c(=O)[nH]c(=O)n3C)n2Cc2ccc(Cl)cc2Cl)CC1. The molecule has 1 saturated heterocycles. The van der Waals surface area contributed by atoms with Gasteiger partial charge in [0.25, 0.3) is 5.56 Å². The van der Waals surface area contributed by atoms with Crippen molar-refractivity contribution in [2.75, 3.05) is 31.1 Å². The first kappa shape index (κ1) is 21.5. The predicted molar refractivity (Wildman–Crippen MR) is 120 cm³/mol. The predicted octanol–water partition coefficient (Wildman–Crippen LogP) is 1.84. The van der Waals surface area contributed by atoms with Gasteiger partial charge >= 0.3 is 5.69 Å². The van der Waals surface area contributed by atoms with Crippen LogP contribution in [0, 0.1) is 0 Å². The Hall–Kier alpha value is -2.78. The molecule has 9 nitrogen and oxygen atoms in total. The number of hydrogen-bond acceptors (Lipinski definition) is 5. The molecule has 0 aliphatic carbocycles. The zero-order valence-electron chi connectivity index (χ0n) is 17.2. The Bertz CT molecular complexity index is 1270. The molecular formula is C20H22Cl2N6O3. The highest BCUT2D eigenvalue weighted by atomic mass is 35.5. The molecule has 1 fully saturated rings. The average Bonchev–Trinajstić information content (AvgIpc) is 3.13. The lowest BCUT2D eigenvalue weighted by molar-refractivity contribution is -0.131. The number of aromatic amines is 1. The summed E-state index contributed by atoms with van der Waals surface area (Å²) in [5, 5.41) is 0.987. The lowest BCUT2D eigenvalue weighted by Crippen LogP contribution is -2.49. The maximum Gasteiger partial charge on any atom is 0.329 e. The lowest BCUT2D eigenvalue weighted by atomic mass is 10.2. The summed E-state index contributed by atoms with van der Waals surface area (Å²) < 4.78 is 3.08. The van der Waals surface area contributed by atoms with Gasteiger partial charge in [0.05, 0.1) is 6.54 Å². The first-order valence-corrected chi connectivity index (χ1v) is 10.7. The third kappa shape index (κ3) is 3.95. The molecular weight excluding hydrogens is 443 g/mol. The number of imidazole rings is 1. The van der Waals surface area contributed by atoms with Crippen molar-refractivity contribution in [2.24, 2.45) is 7.05 Å². The Morgan fingerprint density at radius 3 is 2.52 bits per heavy atom. The van der Waals surface area contributed by atoms with E-state index < -0.39 is 11.2 Å². The number of anilines is 1. The van der Waals surface area contributed by atoms with Gasteiger partial charge in [-0.15, -0.1) is 0 Å². The number of aryl methyl sites for hydroxylation is 1. The van der Waals surface area contributed by atoms with Crippen LogP contribution in [0.15, 0.2) is 27.8 Å². The minimum absolute atomic E-state index is 0.111. The fourth-order valence-electron chi connectivity index (χ4n) is 3.81. The molecule has 4 rings (SSSR count). The molecule has 0 atom stereocenters. The third-order valence-corrected chi connectivity index (χ3v) is 6.14. The number of nitrogens with one attached hydrogen (secondary N) is 1. The van der Waals surface area contributed by atoms with Crippen molar-refractivity contribution in [3.05, 3.63) is 54.6 Å². The van der Waals surface area contributed by atoms with E-state index in [4.69, 9.17) is 23.2 Å². The van der Waals surface area contributed by atoms with Gasteiger partial charge in [-0.3, -0.25) is 23.7 Å². The van der Waals surface area contributed by atoms with Gasteiger partial charge in [0.2, 0.25) is 11.9 Å². The van der Waals surface area contributed by atoms with Crippen LogP contribution in [-0.2, 0) is 18.4 Å². The highest BCUT2D eigenvalue weighted by Gasteiger charge is 2.26. The number of fused-ring (bicyclic) bond motifs is 1. The van der Waals surface area contributed by atoms with Crippen LogP contribution in [0.25, 0.3) is 11.2 Å². The molecule has 3 aromatic rings. The number of halogens is 2. The number of aromatic nitrogens is 4. The van der Waals surface area contributed by atoms with Gasteiger partial charge in [-0.05, 0) is 17.7 Å². The Balaban J connectivity index is 1.81. The zero-order valence-corrected chi connectivity index (χ0v) is 18.7. The average molecular weight is 465 g/mol. The zero-order chi connectivity index (χ0) is 22.3. The molecule has 11 heteroatoms. The number of hydrogen-bond donors (Lipinski definition) is 1. The van der Waals surface area contributed by atoms with Crippen LogP contribution in [0.4, 0.5) is 5.95 Å². The van der Waals surface area contributed by atoms with Crippen molar-refractivity contribution in [1.82, 2.24) is 24.0 Å². The smallest absolute Gasteiger partial charge is 0.329 e. The molecule has 1 aliphatic heterocycles. The fraction of sp³-hybridized carbons (Fsp3) is 0.400. The van der Waals surface area contributed by atoms with Gasteiger partial charge < -0.3 is 9.80 Å². The van der Waals surface area contributed by atoms with Crippen molar-refractivity contribution in [3.63, 3.8) is 0 Å². The number of amides is 1. The number of H-pyrrole nitrogens is 1. The van der Waals surface area contributed by atoms with Crippen LogP contribution < -0.4 is 16.1 Å². The summed E-state index contributed by atoms with van der Waals surface area (Å²) in [5.74, 6) is 0.663. The number of rotatable bonds is 4. The molecule has 0 spiro atoms. The summed E-state index contributed by atoms with van der Waals surface area (Å²) in [4.78, 5) is 47.7. The molecule has 2 aromatic heterocycles. The molecule has 31 heavy (non-hydrogen) atoms. The van der Waals surface area contributed by atoms with Crippen LogP contribution in [0.2, 0.25) is 10.0 Å². The highest BCUT2D eigenvalue weighted by molar-refractivity contribution is 6.35. The first-order chi connectivity index (χ1) is 14.8. The van der Waals surface area contributed by atoms with E-state index in [9.17, 15) is 14.4 Å². The van der Waals surface area contributed by atoms with Crippen LogP contribution >= 0.6 is 23.2 Å². The number of piperazine rings is 1. The monoisotopic (exact) mass is 464 g/mol. The summed E-state index contributed by atoms with van der Waals surface area (Å²) in [6.45, 7) is 4.37. The Morgan fingerprint density at radius 1 is 1.16 bits per heavy atom. The fourth-order valence-corrected chi connectivity index (χ4v) is 4.28. The molecule has 0 saturated carbocycles. The number of benzene rings is 1. The molecule has 164 valence electrons. The molecule has 1 aliphatic rings. The normalized spacial score (nSPS) is 14.5. The van der Waals surface area contributed by atoms with Crippen molar-refractivity contribution < 1.29 is 4.79 Å². The second kappa shape index (κ2) is 8.39. The van der Waals surface area contributed by atoms with E-state index >= 15 is 0 Å². The molecule has 0 unspecified atom stereocenters.